The van der Waals surface area contributed by atoms with E-state index in [-0.39, 0.29) is 12.0 Å². The summed E-state index contributed by atoms with van der Waals surface area (Å²) in [5, 5.41) is 0. The molecule has 2 aromatic rings. The summed E-state index contributed by atoms with van der Waals surface area (Å²) in [6, 6.07) is 15.2. The lowest BCUT2D eigenvalue weighted by Gasteiger charge is -2.42. The van der Waals surface area contributed by atoms with Crippen LogP contribution in [-0.4, -0.2) is 61.1 Å². The Balaban J connectivity index is 1.38. The first-order chi connectivity index (χ1) is 17.0. The fraction of sp³-hybridized carbons (Fsp3) is 0.633. The summed E-state index contributed by atoms with van der Waals surface area (Å²) in [6.07, 6.45) is 6.10. The van der Waals surface area contributed by atoms with E-state index in [0.29, 0.717) is 31.0 Å². The van der Waals surface area contributed by atoms with Crippen LogP contribution in [0.5, 0.6) is 0 Å². The number of nitrogens with zero attached hydrogens (tertiary/aromatic N) is 2. The second-order valence-corrected chi connectivity index (χ2v) is 10.6. The van der Waals surface area contributed by atoms with Gasteiger partial charge in [0.2, 0.25) is 5.91 Å². The molecule has 0 N–H and O–H groups in total. The molecule has 0 aliphatic carbocycles. The normalized spacial score (nSPS) is 20.0. The Morgan fingerprint density at radius 1 is 1.06 bits per heavy atom. The lowest BCUT2D eigenvalue weighted by molar-refractivity contribution is -0.142. The van der Waals surface area contributed by atoms with Crippen LogP contribution in [0, 0.1) is 18.8 Å². The van der Waals surface area contributed by atoms with Crippen molar-refractivity contribution in [2.75, 3.05) is 39.4 Å². The second kappa shape index (κ2) is 12.7. The fourth-order valence-corrected chi connectivity index (χ4v) is 5.92. The van der Waals surface area contributed by atoms with Gasteiger partial charge in [0.15, 0.2) is 0 Å². The molecule has 2 atom stereocenters. The molecule has 3 heterocycles. The maximum atomic E-state index is 13.6. The van der Waals surface area contributed by atoms with Gasteiger partial charge in [-0.2, -0.15) is 0 Å². The van der Waals surface area contributed by atoms with Gasteiger partial charge in [-0.1, -0.05) is 37.3 Å². The highest BCUT2D eigenvalue weighted by Crippen LogP contribution is 2.30. The number of furan rings is 1. The molecule has 0 saturated carbocycles. The van der Waals surface area contributed by atoms with Crippen molar-refractivity contribution in [1.82, 2.24) is 9.80 Å². The Morgan fingerprint density at radius 2 is 1.77 bits per heavy atom. The van der Waals surface area contributed by atoms with E-state index in [1.54, 1.807) is 0 Å². The van der Waals surface area contributed by atoms with Gasteiger partial charge in [-0.3, -0.25) is 4.79 Å². The molecule has 2 aliphatic heterocycles. The largest absolute Gasteiger partial charge is 0.466 e. The molecule has 1 aromatic heterocycles. The molecule has 0 spiro atoms. The molecule has 35 heavy (non-hydrogen) atoms. The summed E-state index contributed by atoms with van der Waals surface area (Å²) in [7, 11) is 0. The van der Waals surface area contributed by atoms with Crippen LogP contribution < -0.4 is 0 Å². The van der Waals surface area contributed by atoms with E-state index in [1.807, 2.05) is 6.92 Å². The summed E-state index contributed by atoms with van der Waals surface area (Å²) in [6.45, 7) is 12.0. The molecular formula is C30H44N2O3. The number of likely N-dealkylation sites (N-methyl/N-ethyl adjacent to an activating group) is 1. The van der Waals surface area contributed by atoms with Crippen molar-refractivity contribution in [1.29, 1.82) is 0 Å². The third-order valence-electron chi connectivity index (χ3n) is 8.18. The molecule has 0 unspecified atom stereocenters. The number of hydrogen-bond acceptors (Lipinski definition) is 4. The van der Waals surface area contributed by atoms with Gasteiger partial charge in [-0.15, -0.1) is 0 Å². The molecule has 5 heteroatoms. The standard InChI is InChI=1S/C30H44N2O3/c1-4-32(30(33)27-15-20-34-21-16-27)28(22-25-8-6-5-7-9-25)26-13-18-31(19-14-26)17-12-23(2)29-11-10-24(3)35-29/h5-11,23,26-28H,4,12-22H2,1-3H3/t23-,28+/m1/s1. The average Bonchev–Trinajstić information content (AvgIpc) is 3.35. The van der Waals surface area contributed by atoms with Gasteiger partial charge in [0, 0.05) is 37.6 Å². The van der Waals surface area contributed by atoms with Crippen molar-refractivity contribution < 1.29 is 13.9 Å². The smallest absolute Gasteiger partial charge is 0.226 e. The third-order valence-corrected chi connectivity index (χ3v) is 8.18. The zero-order valence-corrected chi connectivity index (χ0v) is 22.0. The summed E-state index contributed by atoms with van der Waals surface area (Å²) in [5.74, 6) is 3.55. The summed E-state index contributed by atoms with van der Waals surface area (Å²) < 4.78 is 11.4. The SMILES string of the molecule is CCN(C(=O)C1CCOCC1)[C@@H](Cc1ccccc1)C1CCN(CC[C@@H](C)c2ccc(C)o2)CC1. The number of rotatable bonds is 10. The van der Waals surface area contributed by atoms with Gasteiger partial charge >= 0.3 is 0 Å². The molecule has 4 rings (SSSR count). The van der Waals surface area contributed by atoms with Crippen molar-refractivity contribution in [2.45, 2.75) is 71.3 Å². The lowest BCUT2D eigenvalue weighted by atomic mass is 9.83. The van der Waals surface area contributed by atoms with Crippen LogP contribution in [0.2, 0.25) is 0 Å². The molecule has 2 aliphatic rings. The van der Waals surface area contributed by atoms with Crippen molar-refractivity contribution in [3.05, 3.63) is 59.5 Å². The van der Waals surface area contributed by atoms with E-state index in [0.717, 1.165) is 76.2 Å². The van der Waals surface area contributed by atoms with Crippen LogP contribution >= 0.6 is 0 Å². The molecule has 0 radical (unpaired) electrons. The van der Waals surface area contributed by atoms with E-state index < -0.39 is 0 Å². The Hall–Kier alpha value is -2.11. The maximum absolute atomic E-state index is 13.6. The molecular weight excluding hydrogens is 436 g/mol. The van der Waals surface area contributed by atoms with Gasteiger partial charge in [0.25, 0.3) is 0 Å². The van der Waals surface area contributed by atoms with E-state index in [9.17, 15) is 4.79 Å². The Labute approximate surface area is 211 Å². The van der Waals surface area contributed by atoms with E-state index >= 15 is 0 Å². The predicted molar refractivity (Wildman–Crippen MR) is 141 cm³/mol. The minimum Gasteiger partial charge on any atom is -0.466 e. The first-order valence-electron chi connectivity index (χ1n) is 13.8. The number of carbonyl (C=O) groups excluding carboxylic acids is 1. The molecule has 192 valence electrons. The number of hydrogen-bond donors (Lipinski definition) is 0. The van der Waals surface area contributed by atoms with E-state index in [4.69, 9.17) is 9.15 Å². The first-order valence-corrected chi connectivity index (χ1v) is 13.8. The first kappa shape index (κ1) is 26.0. The second-order valence-electron chi connectivity index (χ2n) is 10.6. The summed E-state index contributed by atoms with van der Waals surface area (Å²) in [4.78, 5) is 18.5. The van der Waals surface area contributed by atoms with Crippen LogP contribution in [0.3, 0.4) is 0 Å². The van der Waals surface area contributed by atoms with Crippen LogP contribution in [0.1, 0.15) is 69.0 Å². The zero-order chi connectivity index (χ0) is 24.6. The number of aryl methyl sites for hydroxylation is 1. The molecule has 0 bridgehead atoms. The molecule has 1 amide bonds. The quantitative estimate of drug-likeness (QED) is 0.439. The minimum absolute atomic E-state index is 0.119. The van der Waals surface area contributed by atoms with Crippen molar-refractivity contribution in [3.63, 3.8) is 0 Å². The highest BCUT2D eigenvalue weighted by atomic mass is 16.5. The van der Waals surface area contributed by atoms with Crippen LogP contribution in [0.25, 0.3) is 0 Å². The van der Waals surface area contributed by atoms with Gasteiger partial charge in [-0.25, -0.2) is 0 Å². The Kier molecular flexibility index (Phi) is 9.45. The maximum Gasteiger partial charge on any atom is 0.226 e. The molecule has 2 saturated heterocycles. The van der Waals surface area contributed by atoms with Crippen molar-refractivity contribution in [2.24, 2.45) is 11.8 Å². The highest BCUT2D eigenvalue weighted by Gasteiger charge is 2.35. The number of carbonyl (C=O) groups is 1. The van der Waals surface area contributed by atoms with Gasteiger partial charge in [0.05, 0.1) is 0 Å². The molecule has 5 nitrogen and oxygen atoms in total. The Morgan fingerprint density at radius 3 is 2.40 bits per heavy atom. The fourth-order valence-electron chi connectivity index (χ4n) is 5.92. The number of likely N-dealkylation sites (tertiary alicyclic amines) is 1. The van der Waals surface area contributed by atoms with Gasteiger partial charge in [-0.05, 0) is 95.6 Å². The van der Waals surface area contributed by atoms with Crippen LogP contribution in [-0.2, 0) is 16.0 Å². The number of ether oxygens (including phenoxy) is 1. The number of amides is 1. The van der Waals surface area contributed by atoms with E-state index in [2.05, 4.69) is 66.1 Å². The average molecular weight is 481 g/mol. The molecule has 1 aromatic carbocycles. The summed E-state index contributed by atoms with van der Waals surface area (Å²) in [5.41, 5.74) is 1.33. The lowest BCUT2D eigenvalue weighted by Crippen LogP contribution is -2.51. The van der Waals surface area contributed by atoms with Crippen molar-refractivity contribution in [3.8, 4) is 0 Å². The Bertz CT molecular complexity index is 897. The van der Waals surface area contributed by atoms with Crippen LogP contribution in [0.4, 0.5) is 0 Å². The topological polar surface area (TPSA) is 45.9 Å². The van der Waals surface area contributed by atoms with Gasteiger partial charge < -0.3 is 19.0 Å². The zero-order valence-electron chi connectivity index (χ0n) is 22.0. The van der Waals surface area contributed by atoms with Crippen molar-refractivity contribution >= 4 is 5.91 Å². The minimum atomic E-state index is 0.119. The van der Waals surface area contributed by atoms with E-state index in [1.165, 1.54) is 5.56 Å². The third kappa shape index (κ3) is 6.98. The highest BCUT2D eigenvalue weighted by molar-refractivity contribution is 5.79. The number of piperidine rings is 1. The summed E-state index contributed by atoms with van der Waals surface area (Å²) >= 11 is 0. The van der Waals surface area contributed by atoms with Gasteiger partial charge in [0.1, 0.15) is 11.5 Å². The number of benzene rings is 1. The molecule has 2 fully saturated rings. The monoisotopic (exact) mass is 480 g/mol. The van der Waals surface area contributed by atoms with Crippen LogP contribution in [0.15, 0.2) is 46.9 Å². The predicted octanol–water partition coefficient (Wildman–Crippen LogP) is 5.68.